The SMILES string of the molecule is CC1(Oc2nonc2C(=O)O)CC1. The van der Waals surface area contributed by atoms with Gasteiger partial charge in [0.25, 0.3) is 11.6 Å². The molecule has 0 saturated heterocycles. The van der Waals surface area contributed by atoms with Crippen LogP contribution in [0.4, 0.5) is 0 Å². The Morgan fingerprint density at radius 2 is 2.31 bits per heavy atom. The zero-order chi connectivity index (χ0) is 9.47. The van der Waals surface area contributed by atoms with Crippen LogP contribution in [-0.2, 0) is 0 Å². The van der Waals surface area contributed by atoms with E-state index in [1.54, 1.807) is 0 Å². The highest BCUT2D eigenvalue weighted by Gasteiger charge is 2.42. The van der Waals surface area contributed by atoms with Gasteiger partial charge in [0.2, 0.25) is 0 Å². The number of aromatic nitrogens is 2. The Morgan fingerprint density at radius 3 is 2.85 bits per heavy atom. The van der Waals surface area contributed by atoms with Gasteiger partial charge in [-0.15, -0.1) is 0 Å². The van der Waals surface area contributed by atoms with Crippen molar-refractivity contribution in [3.63, 3.8) is 0 Å². The number of carboxylic acid groups (broad SMARTS) is 1. The number of aromatic carboxylic acids is 1. The molecule has 1 aromatic heterocycles. The van der Waals surface area contributed by atoms with Crippen LogP contribution < -0.4 is 4.74 Å². The molecular formula is C7H8N2O4. The van der Waals surface area contributed by atoms with Gasteiger partial charge in [-0.3, -0.25) is 0 Å². The molecule has 1 aromatic rings. The van der Waals surface area contributed by atoms with Gasteiger partial charge in [0.1, 0.15) is 5.60 Å². The van der Waals surface area contributed by atoms with Gasteiger partial charge in [-0.1, -0.05) is 0 Å². The second-order valence-corrected chi connectivity index (χ2v) is 3.28. The van der Waals surface area contributed by atoms with Crippen molar-refractivity contribution in [1.29, 1.82) is 0 Å². The zero-order valence-electron chi connectivity index (χ0n) is 6.98. The Bertz CT molecular complexity index is 342. The van der Waals surface area contributed by atoms with E-state index in [4.69, 9.17) is 9.84 Å². The van der Waals surface area contributed by atoms with Crippen molar-refractivity contribution in [1.82, 2.24) is 10.3 Å². The normalized spacial score (nSPS) is 18.2. The fraction of sp³-hybridized carbons (Fsp3) is 0.571. The molecule has 1 N–H and O–H groups in total. The number of hydrogen-bond acceptors (Lipinski definition) is 5. The topological polar surface area (TPSA) is 85.5 Å². The third-order valence-corrected chi connectivity index (χ3v) is 1.96. The number of nitrogens with zero attached hydrogens (tertiary/aromatic N) is 2. The molecule has 70 valence electrons. The Morgan fingerprint density at radius 1 is 1.62 bits per heavy atom. The van der Waals surface area contributed by atoms with Crippen molar-refractivity contribution in [3.8, 4) is 5.88 Å². The fourth-order valence-electron chi connectivity index (χ4n) is 0.890. The lowest BCUT2D eigenvalue weighted by molar-refractivity contribution is 0.0678. The molecule has 13 heavy (non-hydrogen) atoms. The highest BCUT2D eigenvalue weighted by atomic mass is 16.6. The predicted molar refractivity (Wildman–Crippen MR) is 39.5 cm³/mol. The van der Waals surface area contributed by atoms with Crippen molar-refractivity contribution < 1.29 is 19.3 Å². The molecule has 0 unspecified atom stereocenters. The molecule has 0 aromatic carbocycles. The molecule has 2 rings (SSSR count). The molecule has 1 aliphatic carbocycles. The van der Waals surface area contributed by atoms with Crippen LogP contribution in [0.1, 0.15) is 30.3 Å². The summed E-state index contributed by atoms with van der Waals surface area (Å²) < 4.78 is 9.57. The smallest absolute Gasteiger partial charge is 0.363 e. The fourth-order valence-corrected chi connectivity index (χ4v) is 0.890. The highest BCUT2D eigenvalue weighted by molar-refractivity contribution is 5.87. The minimum absolute atomic E-state index is 0.0347. The molecule has 0 spiro atoms. The molecule has 1 aliphatic rings. The predicted octanol–water partition coefficient (Wildman–Crippen LogP) is 0.699. The van der Waals surface area contributed by atoms with Crippen LogP contribution in [-0.4, -0.2) is 27.0 Å². The lowest BCUT2D eigenvalue weighted by Crippen LogP contribution is -2.14. The summed E-state index contributed by atoms with van der Waals surface area (Å²) in [6.45, 7) is 1.88. The number of carbonyl (C=O) groups is 1. The van der Waals surface area contributed by atoms with Gasteiger partial charge >= 0.3 is 5.97 Å². The number of rotatable bonds is 3. The maximum Gasteiger partial charge on any atom is 0.363 e. The average Bonchev–Trinajstić information content (AvgIpc) is 2.63. The first-order valence-electron chi connectivity index (χ1n) is 3.86. The van der Waals surface area contributed by atoms with E-state index in [9.17, 15) is 4.79 Å². The second kappa shape index (κ2) is 2.45. The minimum Gasteiger partial charge on any atom is -0.476 e. The van der Waals surface area contributed by atoms with E-state index in [0.29, 0.717) is 0 Å². The Balaban J connectivity index is 2.19. The molecular weight excluding hydrogens is 176 g/mol. The number of ether oxygens (including phenoxy) is 1. The lowest BCUT2D eigenvalue weighted by Gasteiger charge is -2.07. The first kappa shape index (κ1) is 8.03. The maximum absolute atomic E-state index is 10.5. The molecule has 0 radical (unpaired) electrons. The van der Waals surface area contributed by atoms with Gasteiger partial charge in [-0.05, 0) is 30.1 Å². The van der Waals surface area contributed by atoms with Gasteiger partial charge in [-0.2, -0.15) is 0 Å². The quantitative estimate of drug-likeness (QED) is 0.744. The molecule has 1 heterocycles. The molecule has 1 fully saturated rings. The van der Waals surface area contributed by atoms with Gasteiger partial charge in [0.05, 0.1) is 0 Å². The summed E-state index contributed by atoms with van der Waals surface area (Å²) in [4.78, 5) is 10.5. The number of hydrogen-bond donors (Lipinski definition) is 1. The first-order valence-corrected chi connectivity index (χ1v) is 3.86. The molecule has 0 bridgehead atoms. The first-order chi connectivity index (χ1) is 6.11. The molecule has 1 saturated carbocycles. The Hall–Kier alpha value is -1.59. The van der Waals surface area contributed by atoms with Crippen LogP contribution in [0.5, 0.6) is 5.88 Å². The molecule has 6 heteroatoms. The molecule has 0 aliphatic heterocycles. The van der Waals surface area contributed by atoms with Crippen LogP contribution in [0.25, 0.3) is 0 Å². The van der Waals surface area contributed by atoms with Crippen molar-refractivity contribution >= 4 is 5.97 Å². The highest BCUT2D eigenvalue weighted by Crippen LogP contribution is 2.39. The van der Waals surface area contributed by atoms with E-state index < -0.39 is 5.97 Å². The summed E-state index contributed by atoms with van der Waals surface area (Å²) in [7, 11) is 0. The summed E-state index contributed by atoms with van der Waals surface area (Å²) in [5.74, 6) is -1.23. The van der Waals surface area contributed by atoms with Crippen molar-refractivity contribution in [2.24, 2.45) is 0 Å². The summed E-state index contributed by atoms with van der Waals surface area (Å²) in [5.41, 5.74) is -0.545. The van der Waals surface area contributed by atoms with Crippen LogP contribution in [0.3, 0.4) is 0 Å². The monoisotopic (exact) mass is 184 g/mol. The molecule has 0 atom stereocenters. The standard InChI is InChI=1S/C7H8N2O4/c1-7(2-3-7)12-5-4(6(10)11)8-13-9-5/h2-3H2,1H3,(H,10,11). The summed E-state index contributed by atoms with van der Waals surface area (Å²) in [6.07, 6.45) is 1.80. The zero-order valence-corrected chi connectivity index (χ0v) is 6.98. The third kappa shape index (κ3) is 1.47. The van der Waals surface area contributed by atoms with Gasteiger partial charge in [0, 0.05) is 0 Å². The maximum atomic E-state index is 10.5. The summed E-state index contributed by atoms with van der Waals surface area (Å²) >= 11 is 0. The van der Waals surface area contributed by atoms with Crippen LogP contribution in [0.2, 0.25) is 0 Å². The van der Waals surface area contributed by atoms with E-state index in [0.717, 1.165) is 12.8 Å². The average molecular weight is 184 g/mol. The van der Waals surface area contributed by atoms with Crippen molar-refractivity contribution in [3.05, 3.63) is 5.69 Å². The summed E-state index contributed by atoms with van der Waals surface area (Å²) in [5, 5.41) is 15.2. The summed E-state index contributed by atoms with van der Waals surface area (Å²) in [6, 6.07) is 0. The van der Waals surface area contributed by atoms with E-state index in [-0.39, 0.29) is 17.2 Å². The largest absolute Gasteiger partial charge is 0.476 e. The van der Waals surface area contributed by atoms with Crippen molar-refractivity contribution in [2.45, 2.75) is 25.4 Å². The second-order valence-electron chi connectivity index (χ2n) is 3.28. The number of carboxylic acids is 1. The van der Waals surface area contributed by atoms with E-state index in [1.807, 2.05) is 6.92 Å². The lowest BCUT2D eigenvalue weighted by atomic mass is 10.4. The molecule has 0 amide bonds. The van der Waals surface area contributed by atoms with Crippen LogP contribution >= 0.6 is 0 Å². The Labute approximate surface area is 73.5 Å². The van der Waals surface area contributed by atoms with Gasteiger partial charge in [0.15, 0.2) is 0 Å². The molecule has 6 nitrogen and oxygen atoms in total. The van der Waals surface area contributed by atoms with Crippen molar-refractivity contribution in [2.75, 3.05) is 0 Å². The van der Waals surface area contributed by atoms with E-state index in [2.05, 4.69) is 14.9 Å². The van der Waals surface area contributed by atoms with E-state index >= 15 is 0 Å². The van der Waals surface area contributed by atoms with E-state index in [1.165, 1.54) is 0 Å². The van der Waals surface area contributed by atoms with Gasteiger partial charge in [-0.25, -0.2) is 9.42 Å². The Kier molecular flexibility index (Phi) is 1.51. The van der Waals surface area contributed by atoms with Crippen LogP contribution in [0.15, 0.2) is 4.63 Å². The third-order valence-electron chi connectivity index (χ3n) is 1.96. The minimum atomic E-state index is -1.19. The van der Waals surface area contributed by atoms with Gasteiger partial charge < -0.3 is 9.84 Å². The van der Waals surface area contributed by atoms with Crippen LogP contribution in [0, 0.1) is 0 Å².